The molecule has 0 unspecified atom stereocenters. The van der Waals surface area contributed by atoms with Crippen LogP contribution in [0.5, 0.6) is 0 Å². The van der Waals surface area contributed by atoms with Crippen molar-refractivity contribution in [1.29, 1.82) is 0 Å². The van der Waals surface area contributed by atoms with Crippen LogP contribution in [0.15, 0.2) is 29.2 Å². The van der Waals surface area contributed by atoms with Crippen molar-refractivity contribution in [2.24, 2.45) is 7.05 Å². The fourth-order valence-electron chi connectivity index (χ4n) is 3.38. The number of sulfonamides is 1. The van der Waals surface area contributed by atoms with Gasteiger partial charge in [-0.1, -0.05) is 27.7 Å². The molecule has 0 spiro atoms. The summed E-state index contributed by atoms with van der Waals surface area (Å²) in [5, 5.41) is 3.69. The second-order valence-corrected chi connectivity index (χ2v) is 8.62. The molecule has 1 aromatic carbocycles. The zero-order valence-corrected chi connectivity index (χ0v) is 18.3. The van der Waals surface area contributed by atoms with Crippen molar-refractivity contribution in [1.82, 2.24) is 19.1 Å². The number of carbonyl (C=O) groups is 1. The second-order valence-electron chi connectivity index (χ2n) is 6.68. The minimum atomic E-state index is -3.53. The van der Waals surface area contributed by atoms with Gasteiger partial charge in [-0.25, -0.2) is 8.42 Å². The van der Waals surface area contributed by atoms with E-state index < -0.39 is 10.0 Å². The Bertz CT molecular complexity index is 913. The number of nitrogens with zero attached hydrogens (tertiary/aromatic N) is 3. The van der Waals surface area contributed by atoms with E-state index in [0.717, 1.165) is 30.5 Å². The number of carbonyl (C=O) groups excluding carboxylic acids is 1. The number of amides is 1. The summed E-state index contributed by atoms with van der Waals surface area (Å²) in [4.78, 5) is 15.1. The standard InChI is InChI=1S/C20H32N4O3S/c1-6-23(7-2)13-12-21-20(25)19-15-16-14-17(10-11-18(16)22(19)5)28(26,27)24(8-3)9-4/h10-11,14-15H,6-9,12-13H2,1-5H3,(H,21,25). The highest BCUT2D eigenvalue weighted by molar-refractivity contribution is 7.89. The Morgan fingerprint density at radius 3 is 2.25 bits per heavy atom. The first-order valence-corrected chi connectivity index (χ1v) is 11.3. The van der Waals surface area contributed by atoms with Gasteiger partial charge in [-0.05, 0) is 37.4 Å². The molecule has 0 aliphatic carbocycles. The molecule has 2 rings (SSSR count). The van der Waals surface area contributed by atoms with Crippen molar-refractivity contribution < 1.29 is 13.2 Å². The van der Waals surface area contributed by atoms with Gasteiger partial charge in [0.25, 0.3) is 5.91 Å². The largest absolute Gasteiger partial charge is 0.349 e. The average Bonchev–Trinajstić information content (AvgIpc) is 3.02. The lowest BCUT2D eigenvalue weighted by Gasteiger charge is -2.18. The molecule has 8 heteroatoms. The number of rotatable bonds is 10. The molecule has 0 radical (unpaired) electrons. The number of likely N-dealkylation sites (N-methyl/N-ethyl adjacent to an activating group) is 1. The summed E-state index contributed by atoms with van der Waals surface area (Å²) in [5.74, 6) is -0.154. The SMILES string of the molecule is CCN(CC)CCNC(=O)c1cc2cc(S(=O)(=O)N(CC)CC)ccc2n1C. The van der Waals surface area contributed by atoms with Crippen LogP contribution >= 0.6 is 0 Å². The van der Waals surface area contributed by atoms with Gasteiger partial charge in [0.15, 0.2) is 0 Å². The van der Waals surface area contributed by atoms with E-state index in [2.05, 4.69) is 24.1 Å². The predicted octanol–water partition coefficient (Wildman–Crippen LogP) is 2.28. The maximum Gasteiger partial charge on any atom is 0.267 e. The Balaban J connectivity index is 2.26. The first-order chi connectivity index (χ1) is 13.3. The minimum absolute atomic E-state index is 0.154. The van der Waals surface area contributed by atoms with Crippen LogP contribution in [-0.2, 0) is 17.1 Å². The smallest absolute Gasteiger partial charge is 0.267 e. The molecule has 28 heavy (non-hydrogen) atoms. The molecule has 156 valence electrons. The van der Waals surface area contributed by atoms with Crippen LogP contribution in [-0.4, -0.2) is 67.4 Å². The summed E-state index contributed by atoms with van der Waals surface area (Å²) >= 11 is 0. The van der Waals surface area contributed by atoms with Crippen molar-refractivity contribution in [3.63, 3.8) is 0 Å². The number of aromatic nitrogens is 1. The lowest BCUT2D eigenvalue weighted by atomic mass is 10.2. The molecule has 0 aliphatic rings. The minimum Gasteiger partial charge on any atom is -0.349 e. The summed E-state index contributed by atoms with van der Waals surface area (Å²) in [6.45, 7) is 12.0. The third-order valence-corrected chi connectivity index (χ3v) is 7.24. The van der Waals surface area contributed by atoms with Crippen molar-refractivity contribution >= 4 is 26.8 Å². The highest BCUT2D eigenvalue weighted by atomic mass is 32.2. The van der Waals surface area contributed by atoms with E-state index >= 15 is 0 Å². The molecule has 1 heterocycles. The van der Waals surface area contributed by atoms with Gasteiger partial charge in [-0.3, -0.25) is 4.79 Å². The Labute approximate surface area is 168 Å². The number of benzene rings is 1. The topological polar surface area (TPSA) is 74.7 Å². The van der Waals surface area contributed by atoms with Crippen LogP contribution in [0, 0.1) is 0 Å². The van der Waals surface area contributed by atoms with Gasteiger partial charge in [-0.2, -0.15) is 4.31 Å². The Morgan fingerprint density at radius 1 is 1.04 bits per heavy atom. The zero-order valence-electron chi connectivity index (χ0n) is 17.5. The van der Waals surface area contributed by atoms with E-state index in [4.69, 9.17) is 0 Å². The number of aryl methyl sites for hydroxylation is 1. The van der Waals surface area contributed by atoms with Gasteiger partial charge < -0.3 is 14.8 Å². The van der Waals surface area contributed by atoms with E-state index in [-0.39, 0.29) is 10.8 Å². The zero-order chi connectivity index (χ0) is 20.9. The maximum atomic E-state index is 12.8. The van der Waals surface area contributed by atoms with Crippen molar-refractivity contribution in [2.45, 2.75) is 32.6 Å². The summed E-state index contributed by atoms with van der Waals surface area (Å²) in [5.41, 5.74) is 1.35. The summed E-state index contributed by atoms with van der Waals surface area (Å²) in [6, 6.07) is 6.77. The molecular formula is C20H32N4O3S. The number of hydrogen-bond acceptors (Lipinski definition) is 4. The van der Waals surface area contributed by atoms with Gasteiger partial charge in [0, 0.05) is 44.1 Å². The molecule has 0 atom stereocenters. The van der Waals surface area contributed by atoms with Gasteiger partial charge in [0.05, 0.1) is 4.90 Å². The quantitative estimate of drug-likeness (QED) is 0.654. The Morgan fingerprint density at radius 2 is 1.68 bits per heavy atom. The monoisotopic (exact) mass is 408 g/mol. The molecule has 0 aliphatic heterocycles. The van der Waals surface area contributed by atoms with E-state index in [1.807, 2.05) is 20.9 Å². The van der Waals surface area contributed by atoms with E-state index in [1.54, 1.807) is 28.8 Å². The van der Waals surface area contributed by atoms with Crippen LogP contribution in [0.2, 0.25) is 0 Å². The van der Waals surface area contributed by atoms with Crippen molar-refractivity contribution in [3.05, 3.63) is 30.0 Å². The van der Waals surface area contributed by atoms with Gasteiger partial charge in [-0.15, -0.1) is 0 Å². The highest BCUT2D eigenvalue weighted by Gasteiger charge is 2.23. The third-order valence-electron chi connectivity index (χ3n) is 5.20. The molecule has 1 amide bonds. The highest BCUT2D eigenvalue weighted by Crippen LogP contribution is 2.24. The third kappa shape index (κ3) is 4.56. The molecule has 0 saturated carbocycles. The first kappa shape index (κ1) is 22.4. The lowest BCUT2D eigenvalue weighted by molar-refractivity contribution is 0.0941. The second kappa shape index (κ2) is 9.54. The fraction of sp³-hybridized carbons (Fsp3) is 0.550. The molecule has 0 fully saturated rings. The van der Waals surface area contributed by atoms with Crippen molar-refractivity contribution in [2.75, 3.05) is 39.3 Å². The Hall–Kier alpha value is -1.90. The summed E-state index contributed by atoms with van der Waals surface area (Å²) in [6.07, 6.45) is 0. The predicted molar refractivity (Wildman–Crippen MR) is 113 cm³/mol. The average molecular weight is 409 g/mol. The maximum absolute atomic E-state index is 12.8. The number of fused-ring (bicyclic) bond motifs is 1. The van der Waals surface area contributed by atoms with Crippen LogP contribution in [0.1, 0.15) is 38.2 Å². The Kier molecular flexibility index (Phi) is 7.63. The molecule has 0 saturated heterocycles. The lowest BCUT2D eigenvalue weighted by Crippen LogP contribution is -2.35. The number of hydrogen-bond donors (Lipinski definition) is 1. The molecule has 1 aromatic heterocycles. The van der Waals surface area contributed by atoms with E-state index in [1.165, 1.54) is 4.31 Å². The van der Waals surface area contributed by atoms with Gasteiger partial charge in [0.2, 0.25) is 10.0 Å². The fourth-order valence-corrected chi connectivity index (χ4v) is 4.87. The van der Waals surface area contributed by atoms with Crippen LogP contribution < -0.4 is 5.32 Å². The molecule has 0 bridgehead atoms. The van der Waals surface area contributed by atoms with Crippen molar-refractivity contribution in [3.8, 4) is 0 Å². The van der Waals surface area contributed by atoms with Crippen LogP contribution in [0.3, 0.4) is 0 Å². The van der Waals surface area contributed by atoms with Gasteiger partial charge >= 0.3 is 0 Å². The van der Waals surface area contributed by atoms with E-state index in [9.17, 15) is 13.2 Å². The summed E-state index contributed by atoms with van der Waals surface area (Å²) < 4.78 is 28.8. The van der Waals surface area contributed by atoms with Gasteiger partial charge in [0.1, 0.15) is 5.69 Å². The normalized spacial score (nSPS) is 12.2. The molecule has 7 nitrogen and oxygen atoms in total. The van der Waals surface area contributed by atoms with E-state index in [0.29, 0.717) is 25.3 Å². The molecular weight excluding hydrogens is 376 g/mol. The number of nitrogens with one attached hydrogen (secondary N) is 1. The van der Waals surface area contributed by atoms with Crippen LogP contribution in [0.25, 0.3) is 10.9 Å². The molecule has 1 N–H and O–H groups in total. The first-order valence-electron chi connectivity index (χ1n) is 9.90. The molecule has 2 aromatic rings. The summed E-state index contributed by atoms with van der Waals surface area (Å²) in [7, 11) is -1.71. The van der Waals surface area contributed by atoms with Crippen LogP contribution in [0.4, 0.5) is 0 Å².